The van der Waals surface area contributed by atoms with E-state index in [4.69, 9.17) is 0 Å². The first-order valence-electron chi connectivity index (χ1n) is 11.3. The highest BCUT2D eigenvalue weighted by molar-refractivity contribution is 7.09. The molecule has 3 heterocycles. The monoisotopic (exact) mass is 438 g/mol. The lowest BCUT2D eigenvalue weighted by atomic mass is 9.97. The molecule has 0 bridgehead atoms. The van der Waals surface area contributed by atoms with Crippen molar-refractivity contribution in [1.29, 1.82) is 0 Å². The average Bonchev–Trinajstić information content (AvgIpc) is 3.38. The van der Waals surface area contributed by atoms with E-state index in [-0.39, 0.29) is 0 Å². The van der Waals surface area contributed by atoms with E-state index in [0.29, 0.717) is 5.92 Å². The van der Waals surface area contributed by atoms with Gasteiger partial charge in [0.2, 0.25) is 0 Å². The Morgan fingerprint density at radius 1 is 1.26 bits per heavy atom. The fourth-order valence-corrected chi connectivity index (χ4v) is 5.01. The minimum atomic E-state index is 0.698. The Morgan fingerprint density at radius 3 is 2.84 bits per heavy atom. The van der Waals surface area contributed by atoms with Gasteiger partial charge in [0.25, 0.3) is 0 Å². The molecular weight excluding hydrogens is 404 g/mol. The van der Waals surface area contributed by atoms with Gasteiger partial charge < -0.3 is 15.6 Å². The van der Waals surface area contributed by atoms with Crippen LogP contribution in [0, 0.1) is 19.8 Å². The maximum absolute atomic E-state index is 4.60. The molecule has 0 radical (unpaired) electrons. The number of nitrogens with zero attached hydrogens (tertiary/aromatic N) is 3. The first-order chi connectivity index (χ1) is 15.1. The highest BCUT2D eigenvalue weighted by Crippen LogP contribution is 2.21. The first-order valence-corrected chi connectivity index (χ1v) is 12.1. The number of guanidine groups is 1. The van der Waals surface area contributed by atoms with Crippen LogP contribution in [-0.2, 0) is 13.0 Å². The molecule has 31 heavy (non-hydrogen) atoms. The van der Waals surface area contributed by atoms with E-state index in [1.807, 2.05) is 7.05 Å². The van der Waals surface area contributed by atoms with Gasteiger partial charge in [-0.15, -0.1) is 11.3 Å². The van der Waals surface area contributed by atoms with Crippen molar-refractivity contribution in [1.82, 2.24) is 25.5 Å². The second kappa shape index (κ2) is 10.3. The number of hydrogen-bond donors (Lipinski definition) is 3. The lowest BCUT2D eigenvalue weighted by molar-refractivity contribution is 0.176. The van der Waals surface area contributed by atoms with Gasteiger partial charge in [-0.3, -0.25) is 9.89 Å². The molecule has 1 aliphatic heterocycles. The van der Waals surface area contributed by atoms with Crippen molar-refractivity contribution in [3.63, 3.8) is 0 Å². The molecule has 4 rings (SSSR count). The summed E-state index contributed by atoms with van der Waals surface area (Å²) in [5, 5.41) is 11.7. The number of likely N-dealkylation sites (tertiary alicyclic amines) is 1. The molecule has 0 amide bonds. The van der Waals surface area contributed by atoms with Crippen molar-refractivity contribution in [2.75, 3.05) is 33.2 Å². The predicted octanol–water partition coefficient (Wildman–Crippen LogP) is 3.86. The van der Waals surface area contributed by atoms with Gasteiger partial charge in [0, 0.05) is 49.2 Å². The van der Waals surface area contributed by atoms with Gasteiger partial charge in [0.15, 0.2) is 5.96 Å². The Balaban J connectivity index is 1.17. The molecular formula is C24H34N6S. The molecule has 7 heteroatoms. The number of aryl methyl sites for hydroxylation is 2. The maximum Gasteiger partial charge on any atom is 0.190 e. The molecule has 0 aliphatic carbocycles. The summed E-state index contributed by atoms with van der Waals surface area (Å²) in [4.78, 5) is 15.0. The molecule has 0 spiro atoms. The summed E-state index contributed by atoms with van der Waals surface area (Å²) in [6.45, 7) is 9.36. The number of piperidine rings is 1. The van der Waals surface area contributed by atoms with Gasteiger partial charge in [0.05, 0.1) is 10.7 Å². The van der Waals surface area contributed by atoms with Crippen LogP contribution in [0.25, 0.3) is 10.9 Å². The topological polar surface area (TPSA) is 68.3 Å². The van der Waals surface area contributed by atoms with Crippen LogP contribution in [0.1, 0.15) is 34.7 Å². The molecule has 3 aromatic rings. The highest BCUT2D eigenvalue weighted by Gasteiger charge is 2.20. The van der Waals surface area contributed by atoms with Gasteiger partial charge in [0.1, 0.15) is 0 Å². The third kappa shape index (κ3) is 5.66. The Labute approximate surface area is 189 Å². The van der Waals surface area contributed by atoms with Gasteiger partial charge in [-0.1, -0.05) is 18.2 Å². The molecule has 0 saturated carbocycles. The lowest BCUT2D eigenvalue weighted by Gasteiger charge is -2.31. The quantitative estimate of drug-likeness (QED) is 0.387. The number of thiazole rings is 1. The van der Waals surface area contributed by atoms with E-state index < -0.39 is 0 Å². The highest BCUT2D eigenvalue weighted by atomic mass is 32.1. The third-order valence-corrected chi connectivity index (χ3v) is 7.06. The summed E-state index contributed by atoms with van der Waals surface area (Å²) in [7, 11) is 1.85. The van der Waals surface area contributed by atoms with Gasteiger partial charge in [-0.05, 0) is 63.2 Å². The van der Waals surface area contributed by atoms with Gasteiger partial charge in [-0.25, -0.2) is 4.98 Å². The second-order valence-corrected chi connectivity index (χ2v) is 9.58. The van der Waals surface area contributed by atoms with Crippen molar-refractivity contribution >= 4 is 28.2 Å². The van der Waals surface area contributed by atoms with E-state index in [0.717, 1.165) is 50.1 Å². The summed E-state index contributed by atoms with van der Waals surface area (Å²) in [5.74, 6) is 1.60. The summed E-state index contributed by atoms with van der Waals surface area (Å²) in [6.07, 6.45) is 5.55. The standard InChI is InChI=1S/C24H34N6S/c1-17-5-4-6-22-20(14-27-23(17)22)7-10-26-24(25-3)28-13-19-8-11-30(12-9-19)15-21-16-31-18(2)29-21/h4-6,14,16,19,27H,7-13,15H2,1-3H3,(H2,25,26,28). The Hall–Kier alpha value is -2.38. The fourth-order valence-electron chi connectivity index (χ4n) is 4.41. The number of aliphatic imine (C=N–C) groups is 1. The summed E-state index contributed by atoms with van der Waals surface area (Å²) >= 11 is 1.74. The van der Waals surface area contributed by atoms with Gasteiger partial charge >= 0.3 is 0 Å². The van der Waals surface area contributed by atoms with Crippen LogP contribution < -0.4 is 10.6 Å². The number of H-pyrrole nitrogens is 1. The molecule has 1 aliphatic rings. The average molecular weight is 439 g/mol. The van der Waals surface area contributed by atoms with Gasteiger partial charge in [-0.2, -0.15) is 0 Å². The van der Waals surface area contributed by atoms with Crippen LogP contribution in [0.2, 0.25) is 0 Å². The van der Waals surface area contributed by atoms with Crippen LogP contribution in [0.15, 0.2) is 34.8 Å². The molecule has 0 unspecified atom stereocenters. The molecule has 1 aromatic carbocycles. The number of benzene rings is 1. The zero-order chi connectivity index (χ0) is 21.6. The van der Waals surface area contributed by atoms with Crippen molar-refractivity contribution in [3.05, 3.63) is 51.6 Å². The summed E-state index contributed by atoms with van der Waals surface area (Å²) in [6, 6.07) is 6.48. The predicted molar refractivity (Wildman–Crippen MR) is 131 cm³/mol. The second-order valence-electron chi connectivity index (χ2n) is 8.52. The SMILES string of the molecule is CN=C(NCCc1c[nH]c2c(C)cccc12)NCC1CCN(Cc2csc(C)n2)CC1. The molecule has 1 fully saturated rings. The van der Waals surface area contributed by atoms with E-state index in [1.54, 1.807) is 11.3 Å². The van der Waals surface area contributed by atoms with Crippen LogP contribution in [0.3, 0.4) is 0 Å². The molecule has 6 nitrogen and oxygen atoms in total. The van der Waals surface area contributed by atoms with Crippen molar-refractivity contribution in [2.45, 2.75) is 39.7 Å². The number of rotatable bonds is 7. The van der Waals surface area contributed by atoms with Crippen LogP contribution in [0.5, 0.6) is 0 Å². The van der Waals surface area contributed by atoms with E-state index in [1.165, 1.54) is 40.6 Å². The van der Waals surface area contributed by atoms with Crippen LogP contribution in [0.4, 0.5) is 0 Å². The lowest BCUT2D eigenvalue weighted by Crippen LogP contribution is -2.43. The third-order valence-electron chi connectivity index (χ3n) is 6.24. The number of para-hydroxylation sites is 1. The Morgan fingerprint density at radius 2 is 2.10 bits per heavy atom. The first kappa shape index (κ1) is 21.8. The van der Waals surface area contributed by atoms with Crippen LogP contribution >= 0.6 is 11.3 Å². The zero-order valence-electron chi connectivity index (χ0n) is 18.9. The fraction of sp³-hybridized carbons (Fsp3) is 0.500. The zero-order valence-corrected chi connectivity index (χ0v) is 19.7. The molecule has 1 saturated heterocycles. The minimum Gasteiger partial charge on any atom is -0.361 e. The Kier molecular flexibility index (Phi) is 7.25. The minimum absolute atomic E-state index is 0.698. The number of nitrogens with one attached hydrogen (secondary N) is 3. The molecule has 166 valence electrons. The van der Waals surface area contributed by atoms with E-state index in [9.17, 15) is 0 Å². The number of fused-ring (bicyclic) bond motifs is 1. The van der Waals surface area contributed by atoms with Crippen LogP contribution in [-0.4, -0.2) is 54.1 Å². The van der Waals surface area contributed by atoms with E-state index >= 15 is 0 Å². The van der Waals surface area contributed by atoms with Crippen molar-refractivity contribution in [3.8, 4) is 0 Å². The Bertz CT molecular complexity index is 1010. The maximum atomic E-state index is 4.60. The number of aromatic amines is 1. The molecule has 2 aromatic heterocycles. The summed E-state index contributed by atoms with van der Waals surface area (Å²) in [5.41, 5.74) is 5.11. The van der Waals surface area contributed by atoms with E-state index in [2.05, 4.69) is 74.1 Å². The van der Waals surface area contributed by atoms with Crippen molar-refractivity contribution < 1.29 is 0 Å². The van der Waals surface area contributed by atoms with Crippen molar-refractivity contribution in [2.24, 2.45) is 10.9 Å². The number of aromatic nitrogens is 2. The number of hydrogen-bond acceptors (Lipinski definition) is 4. The molecule has 3 N–H and O–H groups in total. The normalized spacial score (nSPS) is 16.2. The summed E-state index contributed by atoms with van der Waals surface area (Å²) < 4.78 is 0. The molecule has 0 atom stereocenters. The largest absolute Gasteiger partial charge is 0.361 e. The smallest absolute Gasteiger partial charge is 0.190 e.